The number of amides is 1. The number of hydrogen-bond donors (Lipinski definition) is 1. The van der Waals surface area contributed by atoms with Gasteiger partial charge in [0.05, 0.1) is 41.7 Å². The van der Waals surface area contributed by atoms with E-state index in [-0.39, 0.29) is 57.6 Å². The summed E-state index contributed by atoms with van der Waals surface area (Å²) in [5.41, 5.74) is 2.13. The maximum absolute atomic E-state index is 14.6. The lowest BCUT2D eigenvalue weighted by molar-refractivity contribution is 0.0964. The fraction of sp³-hybridized carbons (Fsp3) is 0.200. The first-order chi connectivity index (χ1) is 23.8. The van der Waals surface area contributed by atoms with Gasteiger partial charge in [-0.25, -0.2) is 30.6 Å². The molecule has 1 saturated heterocycles. The van der Waals surface area contributed by atoms with Crippen molar-refractivity contribution >= 4 is 53.5 Å². The number of rotatable bonds is 9. The molecule has 2 aromatic heterocycles. The van der Waals surface area contributed by atoms with Crippen molar-refractivity contribution in [3.63, 3.8) is 0 Å². The molecule has 50 heavy (non-hydrogen) atoms. The Hall–Kier alpha value is -5.28. The molecule has 0 bridgehead atoms. The van der Waals surface area contributed by atoms with Crippen LogP contribution in [0.25, 0.3) is 56.0 Å². The van der Waals surface area contributed by atoms with E-state index in [0.29, 0.717) is 33.4 Å². The number of fused-ring (bicyclic) bond motifs is 2. The summed E-state index contributed by atoms with van der Waals surface area (Å²) in [6.07, 6.45) is 1.02. The van der Waals surface area contributed by atoms with Crippen molar-refractivity contribution in [3.8, 4) is 39.7 Å². The Morgan fingerprint density at radius 3 is 2.34 bits per heavy atom. The maximum atomic E-state index is 14.6. The van der Waals surface area contributed by atoms with Crippen molar-refractivity contribution in [1.82, 2.24) is 10.3 Å². The van der Waals surface area contributed by atoms with Gasteiger partial charge in [0, 0.05) is 42.1 Å². The van der Waals surface area contributed by atoms with Crippen LogP contribution in [0.1, 0.15) is 10.4 Å². The van der Waals surface area contributed by atoms with Gasteiger partial charge in [-0.2, -0.15) is 0 Å². The van der Waals surface area contributed by atoms with Crippen molar-refractivity contribution in [3.05, 3.63) is 90.0 Å². The third-order valence-corrected chi connectivity index (χ3v) is 11.7. The number of hydrogen-bond acceptors (Lipinski definition) is 9. The van der Waals surface area contributed by atoms with E-state index in [1.807, 2.05) is 0 Å². The average Bonchev–Trinajstić information content (AvgIpc) is 3.67. The number of sulfonamides is 1. The number of sulfone groups is 1. The number of aromatic nitrogens is 1. The summed E-state index contributed by atoms with van der Waals surface area (Å²) >= 11 is 0. The number of benzene rings is 4. The van der Waals surface area contributed by atoms with E-state index in [2.05, 4.69) is 10.3 Å². The van der Waals surface area contributed by atoms with E-state index < -0.39 is 43.3 Å². The van der Waals surface area contributed by atoms with Gasteiger partial charge < -0.3 is 18.9 Å². The van der Waals surface area contributed by atoms with Crippen molar-refractivity contribution in [2.45, 2.75) is 0 Å². The predicted octanol–water partition coefficient (Wildman–Crippen LogP) is 6.03. The number of methoxy groups -OCH3 is 1. The molecule has 3 heterocycles. The molecule has 0 radical (unpaired) electrons. The zero-order valence-corrected chi connectivity index (χ0v) is 28.5. The number of halogens is 2. The van der Waals surface area contributed by atoms with Gasteiger partial charge in [0.2, 0.25) is 15.9 Å². The van der Waals surface area contributed by atoms with Crippen LogP contribution >= 0.6 is 0 Å². The lowest BCUT2D eigenvalue weighted by Crippen LogP contribution is -2.46. The van der Waals surface area contributed by atoms with Crippen LogP contribution in [0.5, 0.6) is 5.75 Å². The van der Waals surface area contributed by atoms with Crippen LogP contribution in [0, 0.1) is 17.6 Å². The van der Waals surface area contributed by atoms with E-state index >= 15 is 0 Å². The minimum absolute atomic E-state index is 0.0118. The van der Waals surface area contributed by atoms with E-state index in [1.54, 1.807) is 30.3 Å². The second-order valence-electron chi connectivity index (χ2n) is 12.0. The van der Waals surface area contributed by atoms with Crippen LogP contribution in [0.15, 0.2) is 81.6 Å². The van der Waals surface area contributed by atoms with Crippen LogP contribution in [-0.2, 0) is 19.9 Å². The Balaban J connectivity index is 1.50. The highest BCUT2D eigenvalue weighted by atomic mass is 32.2. The van der Waals surface area contributed by atoms with Crippen molar-refractivity contribution < 1.29 is 44.0 Å². The normalized spacial score (nSPS) is 14.5. The highest BCUT2D eigenvalue weighted by Gasteiger charge is 2.37. The van der Waals surface area contributed by atoms with Gasteiger partial charge in [0.25, 0.3) is 5.91 Å². The Kier molecular flexibility index (Phi) is 8.14. The number of oxazole rings is 1. The molecule has 258 valence electrons. The molecular weight excluding hydrogens is 693 g/mol. The van der Waals surface area contributed by atoms with Crippen LogP contribution in [0.3, 0.4) is 0 Å². The summed E-state index contributed by atoms with van der Waals surface area (Å²) in [6.45, 7) is -0.141. The van der Waals surface area contributed by atoms with Crippen molar-refractivity contribution in [1.29, 1.82) is 0 Å². The Bertz CT molecular complexity index is 2530. The van der Waals surface area contributed by atoms with Gasteiger partial charge in [-0.1, -0.05) is 12.1 Å². The maximum Gasteiger partial charge on any atom is 0.255 e. The molecule has 0 aliphatic carbocycles. The van der Waals surface area contributed by atoms with E-state index in [9.17, 15) is 30.4 Å². The fourth-order valence-corrected chi connectivity index (χ4v) is 8.76. The number of furan rings is 1. The molecule has 1 fully saturated rings. The van der Waals surface area contributed by atoms with Crippen LogP contribution < -0.4 is 14.4 Å². The zero-order valence-electron chi connectivity index (χ0n) is 26.9. The number of nitrogens with one attached hydrogen (secondary N) is 1. The molecule has 4 aromatic carbocycles. The third kappa shape index (κ3) is 5.96. The van der Waals surface area contributed by atoms with E-state index in [4.69, 9.17) is 13.6 Å². The summed E-state index contributed by atoms with van der Waals surface area (Å²) < 4.78 is 98.3. The van der Waals surface area contributed by atoms with Gasteiger partial charge in [-0.3, -0.25) is 9.10 Å². The molecule has 1 N–H and O–H groups in total. The predicted molar refractivity (Wildman–Crippen MR) is 184 cm³/mol. The largest absolute Gasteiger partial charge is 0.496 e. The van der Waals surface area contributed by atoms with E-state index in [0.717, 1.165) is 10.6 Å². The number of para-hydroxylation sites is 1. The van der Waals surface area contributed by atoms with Gasteiger partial charge >= 0.3 is 0 Å². The molecule has 0 atom stereocenters. The molecule has 0 saturated carbocycles. The number of carbonyl (C=O) groups excluding carboxylic acids is 1. The SMILES string of the molecule is CNC(=O)c1c(-c2ccc(F)cc2)oc2cc(N(CC3CS(=O)(=O)C3)S(C)(=O)=O)c(-c3ccc(OC)c(-c4nc5c(F)cccc5o4)c3)cc12. The van der Waals surface area contributed by atoms with Gasteiger partial charge in [0.15, 0.2) is 21.2 Å². The smallest absolute Gasteiger partial charge is 0.255 e. The Morgan fingerprint density at radius 1 is 0.980 bits per heavy atom. The first-order valence-corrected chi connectivity index (χ1v) is 18.9. The molecule has 7 rings (SSSR count). The highest BCUT2D eigenvalue weighted by Crippen LogP contribution is 2.44. The summed E-state index contributed by atoms with van der Waals surface area (Å²) in [6, 6.07) is 17.7. The summed E-state index contributed by atoms with van der Waals surface area (Å²) in [4.78, 5) is 17.7. The van der Waals surface area contributed by atoms with Gasteiger partial charge in [0.1, 0.15) is 28.4 Å². The summed E-state index contributed by atoms with van der Waals surface area (Å²) in [5, 5.41) is 2.93. The number of anilines is 1. The van der Waals surface area contributed by atoms with Gasteiger partial charge in [-0.05, 0) is 60.2 Å². The molecule has 0 spiro atoms. The lowest BCUT2D eigenvalue weighted by atomic mass is 9.96. The van der Waals surface area contributed by atoms with Crippen LogP contribution in [0.4, 0.5) is 14.5 Å². The second-order valence-corrected chi connectivity index (χ2v) is 16.1. The number of carbonyl (C=O) groups is 1. The Labute approximate surface area is 285 Å². The highest BCUT2D eigenvalue weighted by molar-refractivity contribution is 7.93. The fourth-order valence-electron chi connectivity index (χ4n) is 6.22. The minimum atomic E-state index is -4.03. The topological polar surface area (TPSA) is 149 Å². The Morgan fingerprint density at radius 2 is 1.70 bits per heavy atom. The second kappa shape index (κ2) is 12.2. The zero-order chi connectivity index (χ0) is 35.5. The van der Waals surface area contributed by atoms with Crippen LogP contribution in [0.2, 0.25) is 0 Å². The monoisotopic (exact) mass is 721 g/mol. The molecular formula is C35H29F2N3O8S2. The standard InChI is InChI=1S/C35H29F2N3O8S2/c1-38-34(41)31-24-14-23(21-9-12-28(46-2)25(13-21)35-39-32-26(37)5-4-6-29(32)48-35)27(40(49(3,42)43)16-19-17-50(44,45)18-19)15-30(24)47-33(31)20-7-10-22(36)11-8-20/h4-15,19H,16-18H2,1-3H3,(H,38,41). The molecule has 0 unspecified atom stereocenters. The lowest BCUT2D eigenvalue weighted by Gasteiger charge is -2.33. The molecule has 11 nitrogen and oxygen atoms in total. The summed E-state index contributed by atoms with van der Waals surface area (Å²) in [7, 11) is -4.42. The quantitative estimate of drug-likeness (QED) is 0.189. The molecule has 6 aromatic rings. The van der Waals surface area contributed by atoms with E-state index in [1.165, 1.54) is 56.6 Å². The first-order valence-electron chi connectivity index (χ1n) is 15.3. The third-order valence-electron chi connectivity index (χ3n) is 8.55. The summed E-state index contributed by atoms with van der Waals surface area (Å²) in [5.74, 6) is -1.90. The molecule has 15 heteroatoms. The van der Waals surface area contributed by atoms with Crippen molar-refractivity contribution in [2.75, 3.05) is 42.8 Å². The van der Waals surface area contributed by atoms with Crippen molar-refractivity contribution in [2.24, 2.45) is 5.92 Å². The molecule has 1 aliphatic heterocycles. The molecule has 1 amide bonds. The first kappa shape index (κ1) is 33.2. The number of ether oxygens (including phenoxy) is 1. The van der Waals surface area contributed by atoms with Gasteiger partial charge in [-0.15, -0.1) is 0 Å². The molecule has 1 aliphatic rings. The van der Waals surface area contributed by atoms with Crippen LogP contribution in [-0.4, -0.2) is 66.2 Å². The average molecular weight is 722 g/mol. The minimum Gasteiger partial charge on any atom is -0.496 e. The number of nitrogens with zero attached hydrogens (tertiary/aromatic N) is 2.